The molecule has 2 heteroatoms. The molecule has 0 saturated carbocycles. The summed E-state index contributed by atoms with van der Waals surface area (Å²) >= 11 is 0. The summed E-state index contributed by atoms with van der Waals surface area (Å²) in [6.07, 6.45) is 1.59. The second kappa shape index (κ2) is 4.91. The first-order valence-corrected chi connectivity index (χ1v) is 4.72. The van der Waals surface area contributed by atoms with Crippen molar-refractivity contribution in [2.75, 3.05) is 0 Å². The van der Waals surface area contributed by atoms with Gasteiger partial charge in [-0.05, 0) is 37.5 Å². The van der Waals surface area contributed by atoms with Gasteiger partial charge in [0, 0.05) is 6.04 Å². The van der Waals surface area contributed by atoms with Gasteiger partial charge in [0.15, 0.2) is 0 Å². The molecule has 14 heavy (non-hydrogen) atoms. The fraction of sp³-hybridized carbons (Fsp3) is 0.333. The summed E-state index contributed by atoms with van der Waals surface area (Å²) in [5, 5.41) is 0. The minimum absolute atomic E-state index is 0.0814. The van der Waals surface area contributed by atoms with Crippen molar-refractivity contribution in [2.24, 2.45) is 5.73 Å². The van der Waals surface area contributed by atoms with Crippen molar-refractivity contribution in [3.8, 4) is 0 Å². The highest BCUT2D eigenvalue weighted by Gasteiger charge is 2.04. The van der Waals surface area contributed by atoms with Gasteiger partial charge in [-0.15, -0.1) is 6.58 Å². The third-order valence-electron chi connectivity index (χ3n) is 2.02. The molecule has 1 rings (SSSR count). The molecule has 0 saturated heterocycles. The van der Waals surface area contributed by atoms with E-state index >= 15 is 0 Å². The van der Waals surface area contributed by atoms with Crippen LogP contribution >= 0.6 is 0 Å². The molecule has 0 bridgehead atoms. The van der Waals surface area contributed by atoms with Crippen LogP contribution in [0.2, 0.25) is 0 Å². The SMILES string of the molecule is C=C(C)CC(N)Cc1ccc(F)cc1. The molecule has 0 aliphatic heterocycles. The lowest BCUT2D eigenvalue weighted by atomic mass is 10.0. The molecule has 1 aromatic rings. The largest absolute Gasteiger partial charge is 0.327 e. The molecule has 0 amide bonds. The molecule has 1 atom stereocenters. The Morgan fingerprint density at radius 3 is 2.50 bits per heavy atom. The molecule has 1 unspecified atom stereocenters. The van der Waals surface area contributed by atoms with Gasteiger partial charge >= 0.3 is 0 Å². The Kier molecular flexibility index (Phi) is 3.84. The summed E-state index contributed by atoms with van der Waals surface area (Å²) in [6, 6.07) is 6.55. The van der Waals surface area contributed by atoms with Gasteiger partial charge < -0.3 is 5.73 Å². The van der Waals surface area contributed by atoms with Crippen LogP contribution < -0.4 is 5.73 Å². The van der Waals surface area contributed by atoms with Crippen LogP contribution in [0.3, 0.4) is 0 Å². The van der Waals surface area contributed by atoms with E-state index in [2.05, 4.69) is 6.58 Å². The van der Waals surface area contributed by atoms with Crippen molar-refractivity contribution < 1.29 is 4.39 Å². The summed E-state index contributed by atoms with van der Waals surface area (Å²) < 4.78 is 12.6. The first kappa shape index (κ1) is 10.9. The van der Waals surface area contributed by atoms with E-state index < -0.39 is 0 Å². The second-order valence-corrected chi connectivity index (χ2v) is 3.75. The van der Waals surface area contributed by atoms with Crippen LogP contribution in [0.5, 0.6) is 0 Å². The van der Waals surface area contributed by atoms with Crippen molar-refractivity contribution in [3.05, 3.63) is 47.8 Å². The maximum absolute atomic E-state index is 12.6. The molecular weight excluding hydrogens is 177 g/mol. The zero-order chi connectivity index (χ0) is 10.6. The van der Waals surface area contributed by atoms with Crippen LogP contribution in [-0.4, -0.2) is 6.04 Å². The van der Waals surface area contributed by atoms with E-state index in [-0.39, 0.29) is 11.9 Å². The molecule has 0 aliphatic rings. The minimum Gasteiger partial charge on any atom is -0.327 e. The highest BCUT2D eigenvalue weighted by molar-refractivity contribution is 5.17. The quantitative estimate of drug-likeness (QED) is 0.731. The predicted octanol–water partition coefficient (Wildman–Crippen LogP) is 2.66. The van der Waals surface area contributed by atoms with Gasteiger partial charge in [0.25, 0.3) is 0 Å². The molecule has 0 radical (unpaired) electrons. The van der Waals surface area contributed by atoms with E-state index in [1.165, 1.54) is 12.1 Å². The van der Waals surface area contributed by atoms with Crippen LogP contribution in [-0.2, 0) is 6.42 Å². The fourth-order valence-corrected chi connectivity index (χ4v) is 1.44. The van der Waals surface area contributed by atoms with Gasteiger partial charge in [-0.25, -0.2) is 4.39 Å². The normalized spacial score (nSPS) is 12.5. The third-order valence-corrected chi connectivity index (χ3v) is 2.02. The number of nitrogens with two attached hydrogens (primary N) is 1. The topological polar surface area (TPSA) is 26.0 Å². The Morgan fingerprint density at radius 2 is 2.00 bits per heavy atom. The monoisotopic (exact) mass is 193 g/mol. The summed E-state index contributed by atoms with van der Waals surface area (Å²) in [7, 11) is 0. The zero-order valence-corrected chi connectivity index (χ0v) is 8.46. The Balaban J connectivity index is 2.51. The highest BCUT2D eigenvalue weighted by atomic mass is 19.1. The van der Waals surface area contributed by atoms with E-state index in [9.17, 15) is 4.39 Å². The first-order valence-electron chi connectivity index (χ1n) is 4.72. The van der Waals surface area contributed by atoms with Crippen LogP contribution in [0.25, 0.3) is 0 Å². The molecule has 2 N–H and O–H groups in total. The van der Waals surface area contributed by atoms with E-state index in [0.717, 1.165) is 24.0 Å². The fourth-order valence-electron chi connectivity index (χ4n) is 1.44. The Hall–Kier alpha value is -1.15. The van der Waals surface area contributed by atoms with Crippen molar-refractivity contribution >= 4 is 0 Å². The minimum atomic E-state index is -0.206. The van der Waals surface area contributed by atoms with E-state index in [4.69, 9.17) is 5.73 Å². The Bertz CT molecular complexity index is 303. The summed E-state index contributed by atoms with van der Waals surface area (Å²) in [5.41, 5.74) is 8.04. The van der Waals surface area contributed by atoms with E-state index in [1.807, 2.05) is 6.92 Å². The Morgan fingerprint density at radius 1 is 1.43 bits per heavy atom. The van der Waals surface area contributed by atoms with Gasteiger partial charge in [0.2, 0.25) is 0 Å². The number of halogens is 1. The van der Waals surface area contributed by atoms with Crippen molar-refractivity contribution in [2.45, 2.75) is 25.8 Å². The van der Waals surface area contributed by atoms with Crippen molar-refractivity contribution in [1.82, 2.24) is 0 Å². The third kappa shape index (κ3) is 3.71. The molecule has 0 aliphatic carbocycles. The molecule has 0 spiro atoms. The number of hydrogen-bond donors (Lipinski definition) is 1. The van der Waals surface area contributed by atoms with Gasteiger partial charge in [-0.3, -0.25) is 0 Å². The average molecular weight is 193 g/mol. The van der Waals surface area contributed by atoms with Crippen LogP contribution in [0.4, 0.5) is 4.39 Å². The lowest BCUT2D eigenvalue weighted by Crippen LogP contribution is -2.22. The lowest BCUT2D eigenvalue weighted by Gasteiger charge is -2.11. The number of hydrogen-bond acceptors (Lipinski definition) is 1. The van der Waals surface area contributed by atoms with Crippen molar-refractivity contribution in [1.29, 1.82) is 0 Å². The highest BCUT2D eigenvalue weighted by Crippen LogP contribution is 2.08. The summed E-state index contributed by atoms with van der Waals surface area (Å²) in [6.45, 7) is 5.77. The molecule has 0 fully saturated rings. The predicted molar refractivity (Wildman–Crippen MR) is 57.5 cm³/mol. The first-order chi connectivity index (χ1) is 6.58. The molecule has 1 aromatic carbocycles. The van der Waals surface area contributed by atoms with Gasteiger partial charge in [-0.2, -0.15) is 0 Å². The van der Waals surface area contributed by atoms with E-state index in [1.54, 1.807) is 12.1 Å². The maximum atomic E-state index is 12.6. The number of rotatable bonds is 4. The Labute approximate surface area is 84.4 Å². The maximum Gasteiger partial charge on any atom is 0.123 e. The number of benzene rings is 1. The van der Waals surface area contributed by atoms with Crippen LogP contribution in [0.15, 0.2) is 36.4 Å². The lowest BCUT2D eigenvalue weighted by molar-refractivity contribution is 0.623. The molecule has 0 aromatic heterocycles. The standard InChI is InChI=1S/C12H16FN/c1-9(2)7-12(14)8-10-3-5-11(13)6-4-10/h3-6,12H,1,7-8,14H2,2H3. The van der Waals surface area contributed by atoms with E-state index in [0.29, 0.717) is 0 Å². The second-order valence-electron chi connectivity index (χ2n) is 3.75. The summed E-state index contributed by atoms with van der Waals surface area (Å²) in [4.78, 5) is 0. The molecule has 1 nitrogen and oxygen atoms in total. The molecular formula is C12H16FN. The van der Waals surface area contributed by atoms with Gasteiger partial charge in [0.1, 0.15) is 5.82 Å². The smallest absolute Gasteiger partial charge is 0.123 e. The van der Waals surface area contributed by atoms with Gasteiger partial charge in [0.05, 0.1) is 0 Å². The van der Waals surface area contributed by atoms with Crippen LogP contribution in [0, 0.1) is 5.82 Å². The molecule has 76 valence electrons. The van der Waals surface area contributed by atoms with Gasteiger partial charge in [-0.1, -0.05) is 17.7 Å². The zero-order valence-electron chi connectivity index (χ0n) is 8.46. The van der Waals surface area contributed by atoms with Crippen molar-refractivity contribution in [3.63, 3.8) is 0 Å². The average Bonchev–Trinajstić information content (AvgIpc) is 2.07. The summed E-state index contributed by atoms with van der Waals surface area (Å²) in [5.74, 6) is -0.206. The molecule has 0 heterocycles. The van der Waals surface area contributed by atoms with Crippen LogP contribution in [0.1, 0.15) is 18.9 Å².